The van der Waals surface area contributed by atoms with Crippen molar-refractivity contribution in [1.82, 2.24) is 4.83 Å². The third-order valence-corrected chi connectivity index (χ3v) is 3.11. The van der Waals surface area contributed by atoms with Crippen LogP contribution in [0.4, 0.5) is 0 Å². The summed E-state index contributed by atoms with van der Waals surface area (Å²) in [4.78, 5) is 11.8. The van der Waals surface area contributed by atoms with Crippen molar-refractivity contribution in [2.75, 3.05) is 0 Å². The molecule has 0 aliphatic heterocycles. The van der Waals surface area contributed by atoms with E-state index in [0.717, 1.165) is 5.56 Å². The number of rotatable bonds is 5. The van der Waals surface area contributed by atoms with Gasteiger partial charge in [-0.3, -0.25) is 10.6 Å². The lowest BCUT2D eigenvalue weighted by Crippen LogP contribution is -2.30. The van der Waals surface area contributed by atoms with E-state index in [1.54, 1.807) is 23.2 Å². The third kappa shape index (κ3) is 3.12. The number of hydrazine groups is 1. The maximum absolute atomic E-state index is 11.2. The Kier molecular flexibility index (Phi) is 3.96. The Morgan fingerprint density at radius 2 is 1.87 bits per heavy atom. The van der Waals surface area contributed by atoms with Gasteiger partial charge >= 0.3 is 0 Å². The summed E-state index contributed by atoms with van der Waals surface area (Å²) in [7, 11) is -3.59. The van der Waals surface area contributed by atoms with Gasteiger partial charge in [0.05, 0.1) is 4.90 Å². The topological polar surface area (TPSA) is 89.3 Å². The molecule has 5 nitrogen and oxygen atoms in total. The van der Waals surface area contributed by atoms with Crippen LogP contribution in [-0.2, 0) is 21.2 Å². The molecule has 0 unspecified atom stereocenters. The molecule has 0 fully saturated rings. The average molecular weight is 227 g/mol. The first-order valence-corrected chi connectivity index (χ1v) is 5.75. The van der Waals surface area contributed by atoms with Crippen LogP contribution in [-0.4, -0.2) is 14.7 Å². The molecule has 0 spiro atoms. The van der Waals surface area contributed by atoms with E-state index in [1.165, 1.54) is 12.1 Å². The molecule has 0 aromatic heterocycles. The monoisotopic (exact) mass is 227 g/mol. The third-order valence-electron chi connectivity index (χ3n) is 1.90. The molecule has 0 saturated heterocycles. The SMILES string of the molecule is NNS(=O)(=O)c1ccc(CC[C]=O)cc1. The Labute approximate surface area is 88.3 Å². The molecule has 15 heavy (non-hydrogen) atoms. The van der Waals surface area contributed by atoms with E-state index in [1.807, 2.05) is 0 Å². The van der Waals surface area contributed by atoms with Gasteiger partial charge in [-0.2, -0.15) is 4.83 Å². The van der Waals surface area contributed by atoms with Crippen LogP contribution in [0.5, 0.6) is 0 Å². The van der Waals surface area contributed by atoms with Gasteiger partial charge in [0.2, 0.25) is 0 Å². The van der Waals surface area contributed by atoms with Crippen LogP contribution in [0.3, 0.4) is 0 Å². The fraction of sp³-hybridized carbons (Fsp3) is 0.222. The minimum Gasteiger partial charge on any atom is -0.291 e. The highest BCUT2D eigenvalue weighted by Crippen LogP contribution is 2.10. The predicted molar refractivity (Wildman–Crippen MR) is 55.0 cm³/mol. The van der Waals surface area contributed by atoms with Crippen LogP contribution in [0.15, 0.2) is 29.2 Å². The van der Waals surface area contributed by atoms with Crippen molar-refractivity contribution < 1.29 is 13.2 Å². The molecular formula is C9H11N2O3S. The average Bonchev–Trinajstić information content (AvgIpc) is 2.27. The van der Waals surface area contributed by atoms with E-state index in [9.17, 15) is 13.2 Å². The highest BCUT2D eigenvalue weighted by Gasteiger charge is 2.10. The first-order chi connectivity index (χ1) is 7.10. The number of hydrogen-bond acceptors (Lipinski definition) is 4. The summed E-state index contributed by atoms with van der Waals surface area (Å²) in [5.74, 6) is 4.87. The Morgan fingerprint density at radius 3 is 2.33 bits per heavy atom. The van der Waals surface area contributed by atoms with Gasteiger partial charge in [-0.15, -0.1) is 0 Å². The van der Waals surface area contributed by atoms with Crippen molar-refractivity contribution >= 4 is 16.3 Å². The predicted octanol–water partition coefficient (Wildman–Crippen LogP) is -0.119. The lowest BCUT2D eigenvalue weighted by molar-refractivity contribution is 0.551. The van der Waals surface area contributed by atoms with Crippen LogP contribution in [0, 0.1) is 0 Å². The summed E-state index contributed by atoms with van der Waals surface area (Å²) in [6.07, 6.45) is 2.63. The first kappa shape index (κ1) is 11.8. The lowest BCUT2D eigenvalue weighted by Gasteiger charge is -2.03. The molecule has 0 heterocycles. The Bertz CT molecular complexity index is 425. The molecule has 1 radical (unpaired) electrons. The fourth-order valence-corrected chi connectivity index (χ4v) is 1.73. The van der Waals surface area contributed by atoms with Crippen LogP contribution in [0.2, 0.25) is 0 Å². The highest BCUT2D eigenvalue weighted by molar-refractivity contribution is 7.89. The summed E-state index contributed by atoms with van der Waals surface area (Å²) in [5, 5.41) is 0. The van der Waals surface area contributed by atoms with Crippen LogP contribution < -0.4 is 10.7 Å². The number of hydrogen-bond donors (Lipinski definition) is 2. The van der Waals surface area contributed by atoms with E-state index >= 15 is 0 Å². The molecule has 0 saturated carbocycles. The van der Waals surface area contributed by atoms with Gasteiger partial charge in [0.25, 0.3) is 10.0 Å². The molecule has 6 heteroatoms. The zero-order valence-corrected chi connectivity index (χ0v) is 8.75. The number of nitrogens with one attached hydrogen (secondary N) is 1. The summed E-state index contributed by atoms with van der Waals surface area (Å²) in [6, 6.07) is 6.16. The van der Waals surface area contributed by atoms with Gasteiger partial charge in [0.15, 0.2) is 6.29 Å². The first-order valence-electron chi connectivity index (χ1n) is 4.26. The molecule has 1 rings (SSSR count). The molecular weight excluding hydrogens is 216 g/mol. The normalized spacial score (nSPS) is 11.3. The second-order valence-electron chi connectivity index (χ2n) is 2.91. The quantitative estimate of drug-likeness (QED) is 0.542. The van der Waals surface area contributed by atoms with Crippen molar-refractivity contribution in [3.8, 4) is 0 Å². The summed E-state index contributed by atoms with van der Waals surface area (Å²) in [6.45, 7) is 0. The van der Waals surface area contributed by atoms with Crippen LogP contribution in [0.1, 0.15) is 12.0 Å². The fourth-order valence-electron chi connectivity index (χ4n) is 1.10. The zero-order chi connectivity index (χ0) is 11.3. The lowest BCUT2D eigenvalue weighted by atomic mass is 10.1. The number of aryl methyl sites for hydroxylation is 1. The van der Waals surface area contributed by atoms with Gasteiger partial charge < -0.3 is 0 Å². The van der Waals surface area contributed by atoms with E-state index < -0.39 is 10.0 Å². The molecule has 1 aromatic carbocycles. The standard InChI is InChI=1S/C9H11N2O3S/c10-11-15(13,14)9-5-3-8(4-6-9)2-1-7-12/h3-6,11H,1-2,10H2. The minimum atomic E-state index is -3.59. The summed E-state index contributed by atoms with van der Waals surface area (Å²) < 4.78 is 22.5. The van der Waals surface area contributed by atoms with E-state index in [4.69, 9.17) is 5.84 Å². The van der Waals surface area contributed by atoms with E-state index in [2.05, 4.69) is 0 Å². The molecule has 3 N–H and O–H groups in total. The largest absolute Gasteiger partial charge is 0.291 e. The maximum atomic E-state index is 11.2. The van der Waals surface area contributed by atoms with Gasteiger partial charge in [-0.25, -0.2) is 8.42 Å². The second-order valence-corrected chi connectivity index (χ2v) is 4.62. The summed E-state index contributed by atoms with van der Waals surface area (Å²) >= 11 is 0. The number of carbonyl (C=O) groups excluding carboxylic acids is 1. The zero-order valence-electron chi connectivity index (χ0n) is 7.93. The maximum Gasteiger partial charge on any atom is 0.253 e. The molecule has 0 bridgehead atoms. The van der Waals surface area contributed by atoms with E-state index in [-0.39, 0.29) is 4.90 Å². The van der Waals surface area contributed by atoms with Gasteiger partial charge in [0, 0.05) is 6.42 Å². The number of benzene rings is 1. The molecule has 0 amide bonds. The molecule has 0 aliphatic rings. The Morgan fingerprint density at radius 1 is 1.27 bits per heavy atom. The number of sulfonamides is 1. The molecule has 0 aliphatic carbocycles. The smallest absolute Gasteiger partial charge is 0.253 e. The van der Waals surface area contributed by atoms with E-state index in [0.29, 0.717) is 12.8 Å². The van der Waals surface area contributed by atoms with Crippen LogP contribution >= 0.6 is 0 Å². The van der Waals surface area contributed by atoms with Crippen LogP contribution in [0.25, 0.3) is 0 Å². The summed E-state index contributed by atoms with van der Waals surface area (Å²) in [5.41, 5.74) is 0.884. The molecule has 81 valence electrons. The van der Waals surface area contributed by atoms with Crippen molar-refractivity contribution in [2.45, 2.75) is 17.7 Å². The molecule has 0 atom stereocenters. The molecule has 1 aromatic rings. The van der Waals surface area contributed by atoms with Gasteiger partial charge in [-0.1, -0.05) is 12.1 Å². The minimum absolute atomic E-state index is 0.101. The second kappa shape index (κ2) is 5.01. The van der Waals surface area contributed by atoms with Gasteiger partial charge in [-0.05, 0) is 24.1 Å². The van der Waals surface area contributed by atoms with Gasteiger partial charge in [0.1, 0.15) is 0 Å². The Hall–Kier alpha value is -1.24. The van der Waals surface area contributed by atoms with Crippen molar-refractivity contribution in [3.05, 3.63) is 29.8 Å². The van der Waals surface area contributed by atoms with Crippen molar-refractivity contribution in [2.24, 2.45) is 5.84 Å². The van der Waals surface area contributed by atoms with Crippen molar-refractivity contribution in [3.63, 3.8) is 0 Å². The van der Waals surface area contributed by atoms with Crippen molar-refractivity contribution in [1.29, 1.82) is 0 Å². The number of nitrogens with two attached hydrogens (primary N) is 1. The Balaban J connectivity index is 2.85. The highest BCUT2D eigenvalue weighted by atomic mass is 32.2.